The third kappa shape index (κ3) is 4.44. The lowest BCUT2D eigenvalue weighted by molar-refractivity contribution is -0.151. The number of ether oxygens (including phenoxy) is 1. The van der Waals surface area contributed by atoms with Gasteiger partial charge in [0.15, 0.2) is 0 Å². The van der Waals surface area contributed by atoms with Gasteiger partial charge in [-0.05, 0) is 31.5 Å². The highest BCUT2D eigenvalue weighted by molar-refractivity contribution is 14.0. The average Bonchev–Trinajstić information content (AvgIpc) is 3.03. The molecule has 0 aromatic heterocycles. The van der Waals surface area contributed by atoms with E-state index in [1.165, 1.54) is 0 Å². The number of hydrogen-bond acceptors (Lipinski definition) is 3. The molecule has 1 aromatic rings. The number of halogens is 1. The van der Waals surface area contributed by atoms with Crippen molar-refractivity contribution < 1.29 is 9.53 Å². The molecule has 2 rings (SSSR count). The molecular weight excluding hydrogens is 389 g/mol. The number of carbonyl (C=O) groups is 1. The first-order valence-electron chi connectivity index (χ1n) is 8.18. The lowest BCUT2D eigenvalue weighted by atomic mass is 9.79. The van der Waals surface area contributed by atoms with Crippen molar-refractivity contribution in [2.75, 3.05) is 26.2 Å². The second-order valence-electron chi connectivity index (χ2n) is 5.82. The maximum atomic E-state index is 12.7. The summed E-state index contributed by atoms with van der Waals surface area (Å²) in [6.07, 6.45) is 4.06. The number of hydrogen-bond donors (Lipinski definition) is 0. The summed E-state index contributed by atoms with van der Waals surface area (Å²) in [5.41, 5.74) is 0.722. The number of nitrogens with zero attached hydrogens (tertiary/aromatic N) is 1. The molecule has 0 aliphatic heterocycles. The van der Waals surface area contributed by atoms with E-state index in [0.717, 1.165) is 50.9 Å². The first-order valence-corrected chi connectivity index (χ1v) is 8.18. The smallest absolute Gasteiger partial charge is 0.316 e. The molecule has 0 spiro atoms. The van der Waals surface area contributed by atoms with E-state index in [2.05, 4.69) is 30.9 Å². The number of carbonyl (C=O) groups excluding carboxylic acids is 1. The zero-order valence-electron chi connectivity index (χ0n) is 13.7. The summed E-state index contributed by atoms with van der Waals surface area (Å²) in [5, 5.41) is 0. The summed E-state index contributed by atoms with van der Waals surface area (Å²) in [4.78, 5) is 15.0. The topological polar surface area (TPSA) is 29.5 Å². The lowest BCUT2D eigenvalue weighted by Crippen LogP contribution is -2.36. The van der Waals surface area contributed by atoms with Crippen LogP contribution in [-0.2, 0) is 14.9 Å². The van der Waals surface area contributed by atoms with Gasteiger partial charge >= 0.3 is 5.97 Å². The van der Waals surface area contributed by atoms with Crippen LogP contribution < -0.4 is 0 Å². The summed E-state index contributed by atoms with van der Waals surface area (Å²) < 4.78 is 5.64. The highest BCUT2D eigenvalue weighted by Gasteiger charge is 2.43. The Morgan fingerprint density at radius 3 is 2.27 bits per heavy atom. The minimum Gasteiger partial charge on any atom is -0.464 e. The van der Waals surface area contributed by atoms with Crippen molar-refractivity contribution in [2.24, 2.45) is 0 Å². The van der Waals surface area contributed by atoms with E-state index in [-0.39, 0.29) is 29.9 Å². The van der Waals surface area contributed by atoms with Crippen molar-refractivity contribution >= 4 is 29.9 Å². The Hall–Kier alpha value is -0.620. The molecule has 0 atom stereocenters. The van der Waals surface area contributed by atoms with Gasteiger partial charge in [0.2, 0.25) is 0 Å². The number of rotatable bonds is 7. The largest absolute Gasteiger partial charge is 0.464 e. The Labute approximate surface area is 151 Å². The average molecular weight is 417 g/mol. The van der Waals surface area contributed by atoms with Crippen LogP contribution in [0.25, 0.3) is 0 Å². The molecule has 0 bridgehead atoms. The van der Waals surface area contributed by atoms with E-state index in [1.807, 2.05) is 18.2 Å². The Bertz CT molecular complexity index is 440. The van der Waals surface area contributed by atoms with Gasteiger partial charge in [0.25, 0.3) is 0 Å². The van der Waals surface area contributed by atoms with Gasteiger partial charge in [-0.3, -0.25) is 4.79 Å². The van der Waals surface area contributed by atoms with Crippen molar-refractivity contribution in [3.63, 3.8) is 0 Å². The van der Waals surface area contributed by atoms with Crippen LogP contribution in [0.5, 0.6) is 0 Å². The van der Waals surface area contributed by atoms with Crippen molar-refractivity contribution in [1.29, 1.82) is 0 Å². The summed E-state index contributed by atoms with van der Waals surface area (Å²) in [6, 6.07) is 10.2. The second kappa shape index (κ2) is 9.50. The van der Waals surface area contributed by atoms with Gasteiger partial charge < -0.3 is 9.64 Å². The van der Waals surface area contributed by atoms with Crippen LogP contribution in [0.4, 0.5) is 0 Å². The zero-order chi connectivity index (χ0) is 15.1. The summed E-state index contributed by atoms with van der Waals surface area (Å²) in [7, 11) is 0. The molecule has 0 unspecified atom stereocenters. The van der Waals surface area contributed by atoms with E-state index in [4.69, 9.17) is 4.74 Å². The summed E-state index contributed by atoms with van der Waals surface area (Å²) >= 11 is 0. The first kappa shape index (κ1) is 19.4. The molecule has 3 nitrogen and oxygen atoms in total. The molecule has 1 aliphatic rings. The van der Waals surface area contributed by atoms with Crippen molar-refractivity contribution in [2.45, 2.75) is 44.9 Å². The predicted octanol–water partition coefficient (Wildman–Crippen LogP) is 4.00. The van der Waals surface area contributed by atoms with E-state index >= 15 is 0 Å². The molecule has 1 fully saturated rings. The van der Waals surface area contributed by atoms with Gasteiger partial charge in [-0.25, -0.2) is 0 Å². The summed E-state index contributed by atoms with van der Waals surface area (Å²) in [6.45, 7) is 7.58. The number of benzene rings is 1. The fourth-order valence-electron chi connectivity index (χ4n) is 3.29. The van der Waals surface area contributed by atoms with Crippen LogP contribution >= 0.6 is 24.0 Å². The molecule has 0 radical (unpaired) electrons. The van der Waals surface area contributed by atoms with E-state index < -0.39 is 5.41 Å². The molecule has 0 heterocycles. The Balaban J connectivity index is 0.00000242. The van der Waals surface area contributed by atoms with E-state index in [1.54, 1.807) is 0 Å². The van der Waals surface area contributed by atoms with Gasteiger partial charge in [-0.15, -0.1) is 24.0 Å². The maximum Gasteiger partial charge on any atom is 0.316 e. The predicted molar refractivity (Wildman–Crippen MR) is 101 cm³/mol. The van der Waals surface area contributed by atoms with Crippen molar-refractivity contribution in [3.05, 3.63) is 35.9 Å². The number of esters is 1. The van der Waals surface area contributed by atoms with Crippen LogP contribution in [0.15, 0.2) is 30.3 Å². The standard InChI is InChI=1S/C18H27NO2.HI/c1-3-19(4-2)14-15-21-17(20)18(12-8-9-13-18)16-10-6-5-7-11-16;/h5-7,10-11H,3-4,8-9,12-15H2,1-2H3;1H. The molecule has 4 heteroatoms. The van der Waals surface area contributed by atoms with Crippen molar-refractivity contribution in [1.82, 2.24) is 4.90 Å². The normalized spacial score (nSPS) is 16.3. The third-order valence-electron chi connectivity index (χ3n) is 4.71. The molecule has 1 aromatic carbocycles. The molecule has 1 aliphatic carbocycles. The Morgan fingerprint density at radius 1 is 1.14 bits per heavy atom. The van der Waals surface area contributed by atoms with Gasteiger partial charge in [0.1, 0.15) is 6.61 Å². The van der Waals surface area contributed by atoms with Crippen LogP contribution in [0.2, 0.25) is 0 Å². The molecule has 124 valence electrons. The quantitative estimate of drug-likeness (QED) is 0.496. The van der Waals surface area contributed by atoms with Crippen LogP contribution in [0.1, 0.15) is 45.1 Å². The Morgan fingerprint density at radius 2 is 1.73 bits per heavy atom. The minimum atomic E-state index is -0.398. The lowest BCUT2D eigenvalue weighted by Gasteiger charge is -2.28. The fourth-order valence-corrected chi connectivity index (χ4v) is 3.29. The van der Waals surface area contributed by atoms with Crippen LogP contribution in [-0.4, -0.2) is 37.1 Å². The van der Waals surface area contributed by atoms with Crippen LogP contribution in [0.3, 0.4) is 0 Å². The highest BCUT2D eigenvalue weighted by Crippen LogP contribution is 2.42. The van der Waals surface area contributed by atoms with Gasteiger partial charge in [-0.2, -0.15) is 0 Å². The fraction of sp³-hybridized carbons (Fsp3) is 0.611. The molecule has 0 amide bonds. The number of likely N-dealkylation sites (N-methyl/N-ethyl adjacent to an activating group) is 1. The molecule has 0 N–H and O–H groups in total. The molecule has 0 saturated heterocycles. The Kier molecular flexibility index (Phi) is 8.39. The minimum absolute atomic E-state index is 0. The SMILES string of the molecule is CCN(CC)CCOC(=O)C1(c2ccccc2)CCCC1.I. The molecular formula is C18H28INO2. The molecule has 1 saturated carbocycles. The van der Waals surface area contributed by atoms with Gasteiger partial charge in [0.05, 0.1) is 5.41 Å². The highest BCUT2D eigenvalue weighted by atomic mass is 127. The summed E-state index contributed by atoms with van der Waals surface area (Å²) in [5.74, 6) is -0.0293. The van der Waals surface area contributed by atoms with Gasteiger partial charge in [0, 0.05) is 6.54 Å². The monoisotopic (exact) mass is 417 g/mol. The third-order valence-corrected chi connectivity index (χ3v) is 4.71. The maximum absolute atomic E-state index is 12.7. The first-order chi connectivity index (χ1) is 10.2. The van der Waals surface area contributed by atoms with Crippen molar-refractivity contribution in [3.8, 4) is 0 Å². The van der Waals surface area contributed by atoms with Crippen LogP contribution in [0, 0.1) is 0 Å². The molecule has 22 heavy (non-hydrogen) atoms. The van der Waals surface area contributed by atoms with Gasteiger partial charge in [-0.1, -0.05) is 57.0 Å². The second-order valence-corrected chi connectivity index (χ2v) is 5.82. The van der Waals surface area contributed by atoms with E-state index in [9.17, 15) is 4.79 Å². The zero-order valence-corrected chi connectivity index (χ0v) is 16.0. The van der Waals surface area contributed by atoms with E-state index in [0.29, 0.717) is 6.61 Å².